The van der Waals surface area contributed by atoms with Crippen molar-refractivity contribution in [3.05, 3.63) is 33.8 Å². The summed E-state index contributed by atoms with van der Waals surface area (Å²) in [6, 6.07) is 5.29. The molecule has 0 atom stereocenters. The molecule has 0 fully saturated rings. The van der Waals surface area contributed by atoms with Crippen molar-refractivity contribution in [2.75, 3.05) is 26.8 Å². The quantitative estimate of drug-likeness (QED) is 0.866. The first-order chi connectivity index (χ1) is 8.93. The highest BCUT2D eigenvalue weighted by Crippen LogP contribution is 2.16. The minimum absolute atomic E-state index is 0.243. The lowest BCUT2D eigenvalue weighted by molar-refractivity contribution is -0.137. The van der Waals surface area contributed by atoms with Gasteiger partial charge in [0.1, 0.15) is 6.54 Å². The zero-order chi connectivity index (χ0) is 14.4. The van der Waals surface area contributed by atoms with E-state index in [0.29, 0.717) is 12.2 Å². The third kappa shape index (κ3) is 5.00. The zero-order valence-electron chi connectivity index (χ0n) is 10.9. The van der Waals surface area contributed by atoms with Crippen molar-refractivity contribution < 1.29 is 19.4 Å². The van der Waals surface area contributed by atoms with Crippen LogP contribution in [0.25, 0.3) is 0 Å². The third-order valence-corrected chi connectivity index (χ3v) is 2.93. The first-order valence-corrected chi connectivity index (χ1v) is 6.50. The van der Waals surface area contributed by atoms with Gasteiger partial charge >= 0.3 is 5.97 Å². The Morgan fingerprint density at radius 2 is 2.05 bits per heavy atom. The van der Waals surface area contributed by atoms with Crippen LogP contribution in [0.1, 0.15) is 15.9 Å². The minimum Gasteiger partial charge on any atom is -0.480 e. The normalized spacial score (nSPS) is 10.3. The second-order valence-electron chi connectivity index (χ2n) is 4.13. The average molecular weight is 330 g/mol. The average Bonchev–Trinajstić information content (AvgIpc) is 2.32. The predicted molar refractivity (Wildman–Crippen MR) is 74.3 cm³/mol. The van der Waals surface area contributed by atoms with Gasteiger partial charge in [0.25, 0.3) is 5.91 Å². The molecule has 0 aliphatic rings. The molecular weight excluding hydrogens is 314 g/mol. The van der Waals surface area contributed by atoms with E-state index < -0.39 is 5.97 Å². The van der Waals surface area contributed by atoms with Crippen molar-refractivity contribution >= 4 is 27.8 Å². The highest BCUT2D eigenvalue weighted by Gasteiger charge is 2.18. The van der Waals surface area contributed by atoms with Gasteiger partial charge in [-0.15, -0.1) is 0 Å². The topological polar surface area (TPSA) is 66.8 Å². The van der Waals surface area contributed by atoms with Crippen molar-refractivity contribution in [1.82, 2.24) is 4.90 Å². The van der Waals surface area contributed by atoms with Crippen LogP contribution in [0.4, 0.5) is 0 Å². The van der Waals surface area contributed by atoms with Crippen LogP contribution < -0.4 is 0 Å². The van der Waals surface area contributed by atoms with E-state index in [1.807, 2.05) is 13.0 Å². The van der Waals surface area contributed by atoms with Crippen molar-refractivity contribution in [2.24, 2.45) is 0 Å². The summed E-state index contributed by atoms with van der Waals surface area (Å²) >= 11 is 3.32. The minimum atomic E-state index is -1.05. The highest BCUT2D eigenvalue weighted by atomic mass is 79.9. The smallest absolute Gasteiger partial charge is 0.323 e. The molecule has 0 saturated heterocycles. The number of amides is 1. The molecule has 0 heterocycles. The van der Waals surface area contributed by atoms with Crippen LogP contribution in [-0.4, -0.2) is 48.7 Å². The summed E-state index contributed by atoms with van der Waals surface area (Å²) in [5.74, 6) is -1.36. The van der Waals surface area contributed by atoms with Crippen LogP contribution in [0.15, 0.2) is 22.7 Å². The Morgan fingerprint density at radius 1 is 1.37 bits per heavy atom. The van der Waals surface area contributed by atoms with Crippen LogP contribution in [0.2, 0.25) is 0 Å². The number of aryl methyl sites for hydroxylation is 1. The lowest BCUT2D eigenvalue weighted by atomic mass is 10.1. The van der Waals surface area contributed by atoms with Crippen LogP contribution >= 0.6 is 15.9 Å². The Morgan fingerprint density at radius 3 is 2.58 bits per heavy atom. The molecule has 1 N–H and O–H groups in total. The van der Waals surface area contributed by atoms with Gasteiger partial charge in [-0.05, 0) is 30.7 Å². The maximum Gasteiger partial charge on any atom is 0.323 e. The molecule has 1 aromatic carbocycles. The third-order valence-electron chi connectivity index (χ3n) is 2.47. The Kier molecular flexibility index (Phi) is 5.98. The second-order valence-corrected chi connectivity index (χ2v) is 5.05. The lowest BCUT2D eigenvalue weighted by Crippen LogP contribution is -2.38. The molecule has 5 nitrogen and oxygen atoms in total. The summed E-state index contributed by atoms with van der Waals surface area (Å²) in [5.41, 5.74) is 1.39. The number of carboxylic acid groups (broad SMARTS) is 1. The molecule has 0 radical (unpaired) electrons. The monoisotopic (exact) mass is 329 g/mol. The molecule has 1 rings (SSSR count). The number of aliphatic carboxylic acids is 1. The molecule has 0 aliphatic heterocycles. The number of benzene rings is 1. The fourth-order valence-corrected chi connectivity index (χ4v) is 2.27. The van der Waals surface area contributed by atoms with Gasteiger partial charge in [-0.25, -0.2) is 0 Å². The number of hydrogen-bond donors (Lipinski definition) is 1. The summed E-state index contributed by atoms with van der Waals surface area (Å²) in [4.78, 5) is 24.3. The molecule has 0 saturated carbocycles. The second kappa shape index (κ2) is 7.25. The van der Waals surface area contributed by atoms with E-state index in [1.165, 1.54) is 12.0 Å². The Hall–Kier alpha value is -1.40. The first kappa shape index (κ1) is 15.7. The molecule has 104 valence electrons. The summed E-state index contributed by atoms with van der Waals surface area (Å²) in [6.45, 7) is 2.07. The predicted octanol–water partition coefficient (Wildman–Crippen LogP) is 1.93. The molecule has 19 heavy (non-hydrogen) atoms. The number of hydrogen-bond acceptors (Lipinski definition) is 3. The van der Waals surface area contributed by atoms with Crippen molar-refractivity contribution in [3.8, 4) is 0 Å². The van der Waals surface area contributed by atoms with Crippen molar-refractivity contribution in [1.29, 1.82) is 0 Å². The number of nitrogens with zero attached hydrogens (tertiary/aromatic N) is 1. The number of ether oxygens (including phenoxy) is 1. The highest BCUT2D eigenvalue weighted by molar-refractivity contribution is 9.10. The molecule has 0 aliphatic carbocycles. The Labute approximate surface area is 120 Å². The summed E-state index contributed by atoms with van der Waals surface area (Å²) < 4.78 is 5.68. The van der Waals surface area contributed by atoms with E-state index in [-0.39, 0.29) is 19.0 Å². The number of carboxylic acids is 1. The van der Waals surface area contributed by atoms with Gasteiger partial charge in [0, 0.05) is 23.7 Å². The molecule has 1 aromatic rings. The van der Waals surface area contributed by atoms with E-state index in [0.717, 1.165) is 10.0 Å². The fourth-order valence-electron chi connectivity index (χ4n) is 1.66. The maximum absolute atomic E-state index is 12.3. The van der Waals surface area contributed by atoms with Gasteiger partial charge in [0.15, 0.2) is 0 Å². The largest absolute Gasteiger partial charge is 0.480 e. The van der Waals surface area contributed by atoms with Gasteiger partial charge in [0.2, 0.25) is 0 Å². The molecular formula is C13H16BrNO4. The number of carbonyl (C=O) groups excluding carboxylic acids is 1. The molecule has 0 spiro atoms. The summed E-state index contributed by atoms with van der Waals surface area (Å²) in [7, 11) is 1.51. The Balaban J connectivity index is 2.93. The molecule has 1 amide bonds. The summed E-state index contributed by atoms with van der Waals surface area (Å²) in [5, 5.41) is 8.84. The number of methoxy groups -OCH3 is 1. The summed E-state index contributed by atoms with van der Waals surface area (Å²) in [6.07, 6.45) is 0. The van der Waals surface area contributed by atoms with Crippen molar-refractivity contribution in [3.63, 3.8) is 0 Å². The zero-order valence-corrected chi connectivity index (χ0v) is 12.4. The lowest BCUT2D eigenvalue weighted by Gasteiger charge is -2.20. The van der Waals surface area contributed by atoms with Crippen LogP contribution in [0.5, 0.6) is 0 Å². The van der Waals surface area contributed by atoms with Crippen LogP contribution in [0.3, 0.4) is 0 Å². The first-order valence-electron chi connectivity index (χ1n) is 5.71. The van der Waals surface area contributed by atoms with Gasteiger partial charge < -0.3 is 14.7 Å². The van der Waals surface area contributed by atoms with Gasteiger partial charge in [-0.2, -0.15) is 0 Å². The van der Waals surface area contributed by atoms with Crippen molar-refractivity contribution in [2.45, 2.75) is 6.92 Å². The number of carbonyl (C=O) groups is 2. The molecule has 0 unspecified atom stereocenters. The van der Waals surface area contributed by atoms with E-state index in [4.69, 9.17) is 9.84 Å². The standard InChI is InChI=1S/C13H16BrNO4/c1-9-5-10(7-11(14)6-9)13(18)15(3-4-19-2)8-12(16)17/h5-7H,3-4,8H2,1-2H3,(H,16,17). The fraction of sp³-hybridized carbons (Fsp3) is 0.385. The number of rotatable bonds is 6. The van der Waals surface area contributed by atoms with E-state index in [2.05, 4.69) is 15.9 Å². The van der Waals surface area contributed by atoms with Crippen LogP contribution in [-0.2, 0) is 9.53 Å². The van der Waals surface area contributed by atoms with Crippen LogP contribution in [0, 0.1) is 6.92 Å². The van der Waals surface area contributed by atoms with Gasteiger partial charge in [-0.1, -0.05) is 15.9 Å². The molecule has 0 aromatic heterocycles. The van der Waals surface area contributed by atoms with Gasteiger partial charge in [0.05, 0.1) is 6.61 Å². The molecule has 0 bridgehead atoms. The number of halogens is 1. The van der Waals surface area contributed by atoms with Gasteiger partial charge in [-0.3, -0.25) is 9.59 Å². The molecule has 6 heteroatoms. The SMILES string of the molecule is COCCN(CC(=O)O)C(=O)c1cc(C)cc(Br)c1. The van der Waals surface area contributed by atoms with E-state index in [9.17, 15) is 9.59 Å². The van der Waals surface area contributed by atoms with E-state index >= 15 is 0 Å². The maximum atomic E-state index is 12.3. The van der Waals surface area contributed by atoms with E-state index in [1.54, 1.807) is 12.1 Å². The Bertz CT molecular complexity index is 455.